The third-order valence-corrected chi connectivity index (χ3v) is 5.64. The molecule has 2 aromatic rings. The van der Waals surface area contributed by atoms with Gasteiger partial charge >= 0.3 is 5.97 Å². The minimum atomic E-state index is -3.54. The van der Waals surface area contributed by atoms with Gasteiger partial charge in [0, 0.05) is 11.1 Å². The summed E-state index contributed by atoms with van der Waals surface area (Å²) in [5.74, 6) is -1.77. The second-order valence-corrected chi connectivity index (χ2v) is 7.37. The van der Waals surface area contributed by atoms with Crippen molar-refractivity contribution >= 4 is 16.0 Å². The van der Waals surface area contributed by atoms with E-state index < -0.39 is 27.1 Å². The maximum absolute atomic E-state index is 13.7. The quantitative estimate of drug-likeness (QED) is 0.929. The Balaban J connectivity index is 2.11. The average Bonchev–Trinajstić information content (AvgIpc) is 3.19. The first-order valence-electron chi connectivity index (χ1n) is 6.63. The summed E-state index contributed by atoms with van der Waals surface area (Å²) < 4.78 is 38.8. The Morgan fingerprint density at radius 1 is 1.41 bits per heavy atom. The van der Waals surface area contributed by atoms with Crippen molar-refractivity contribution in [3.05, 3.63) is 41.5 Å². The van der Waals surface area contributed by atoms with Crippen LogP contribution in [-0.2, 0) is 10.0 Å². The molecule has 1 aromatic carbocycles. The van der Waals surface area contributed by atoms with Crippen molar-refractivity contribution in [1.82, 2.24) is 9.19 Å². The fourth-order valence-electron chi connectivity index (χ4n) is 2.20. The number of carboxylic acids is 1. The van der Waals surface area contributed by atoms with E-state index in [4.69, 9.17) is 0 Å². The molecule has 1 saturated carbocycles. The number of hydrogen-bond donors (Lipinski definition) is 1. The fourth-order valence-corrected chi connectivity index (χ4v) is 3.68. The van der Waals surface area contributed by atoms with Crippen LogP contribution in [0.5, 0.6) is 0 Å². The molecule has 3 rings (SSSR count). The van der Waals surface area contributed by atoms with Crippen molar-refractivity contribution in [3.63, 3.8) is 0 Å². The number of carbonyl (C=O) groups is 1. The van der Waals surface area contributed by atoms with Gasteiger partial charge in [0.05, 0.1) is 23.2 Å². The van der Waals surface area contributed by atoms with Gasteiger partial charge in [0.15, 0.2) is 0 Å². The van der Waals surface area contributed by atoms with Gasteiger partial charge < -0.3 is 5.11 Å². The predicted octanol–water partition coefficient (Wildman–Crippen LogP) is 2.04. The number of rotatable bonds is 4. The van der Waals surface area contributed by atoms with Gasteiger partial charge in [-0.1, -0.05) is 0 Å². The fraction of sp³-hybridized carbons (Fsp3) is 0.286. The normalized spacial score (nSPS) is 15.0. The standard InChI is InChI=1S/C14H13FN2O4S/c1-8-4-12(14(18)19)11(5-13(8)15)9-6-16-17(7-9)22(20,21)10-2-3-10/h4-7,10H,2-3H2,1H3,(H,18,19). The number of nitrogens with zero attached hydrogens (tertiary/aromatic N) is 2. The van der Waals surface area contributed by atoms with Gasteiger partial charge in [-0.2, -0.15) is 9.19 Å². The van der Waals surface area contributed by atoms with Crippen LogP contribution in [0.3, 0.4) is 0 Å². The number of halogens is 1. The monoisotopic (exact) mass is 324 g/mol. The molecular formula is C14H13FN2O4S. The molecule has 0 radical (unpaired) electrons. The Kier molecular flexibility index (Phi) is 3.28. The van der Waals surface area contributed by atoms with Crippen molar-refractivity contribution in [2.75, 3.05) is 0 Å². The van der Waals surface area contributed by atoms with Gasteiger partial charge in [-0.05, 0) is 37.5 Å². The molecule has 1 aromatic heterocycles. The molecule has 0 unspecified atom stereocenters. The van der Waals surface area contributed by atoms with E-state index in [1.165, 1.54) is 25.4 Å². The van der Waals surface area contributed by atoms with Gasteiger partial charge in [0.1, 0.15) is 5.82 Å². The highest BCUT2D eigenvalue weighted by Crippen LogP contribution is 2.31. The maximum Gasteiger partial charge on any atom is 0.336 e. The maximum atomic E-state index is 13.7. The van der Waals surface area contributed by atoms with Crippen LogP contribution in [-0.4, -0.2) is 33.9 Å². The third-order valence-electron chi connectivity index (χ3n) is 3.61. The third kappa shape index (κ3) is 2.39. The van der Waals surface area contributed by atoms with Gasteiger partial charge in [-0.15, -0.1) is 0 Å². The van der Waals surface area contributed by atoms with E-state index >= 15 is 0 Å². The molecule has 1 aliphatic carbocycles. The number of aryl methyl sites for hydroxylation is 1. The van der Waals surface area contributed by atoms with Crippen molar-refractivity contribution in [2.45, 2.75) is 25.0 Å². The molecule has 0 atom stereocenters. The van der Waals surface area contributed by atoms with E-state index in [0.29, 0.717) is 12.8 Å². The highest BCUT2D eigenvalue weighted by Gasteiger charge is 2.37. The number of aromatic carboxylic acids is 1. The highest BCUT2D eigenvalue weighted by molar-refractivity contribution is 7.90. The Bertz CT molecular complexity index is 869. The minimum absolute atomic E-state index is 0.0951. The van der Waals surface area contributed by atoms with Crippen molar-refractivity contribution in [1.29, 1.82) is 0 Å². The zero-order valence-electron chi connectivity index (χ0n) is 11.7. The molecule has 116 valence electrons. The van der Waals surface area contributed by atoms with Crippen LogP contribution < -0.4 is 0 Å². The van der Waals surface area contributed by atoms with E-state index in [0.717, 1.165) is 10.2 Å². The van der Waals surface area contributed by atoms with Crippen molar-refractivity contribution < 1.29 is 22.7 Å². The molecule has 1 N–H and O–H groups in total. The smallest absolute Gasteiger partial charge is 0.336 e. The first kappa shape index (κ1) is 14.7. The number of hydrogen-bond acceptors (Lipinski definition) is 4. The van der Waals surface area contributed by atoms with Gasteiger partial charge in [0.25, 0.3) is 10.0 Å². The van der Waals surface area contributed by atoms with E-state index in [1.807, 2.05) is 0 Å². The van der Waals surface area contributed by atoms with Crippen LogP contribution in [0.25, 0.3) is 11.1 Å². The topological polar surface area (TPSA) is 89.3 Å². The average molecular weight is 324 g/mol. The van der Waals surface area contributed by atoms with Crippen molar-refractivity contribution in [2.24, 2.45) is 0 Å². The number of aromatic nitrogens is 2. The lowest BCUT2D eigenvalue weighted by molar-refractivity contribution is 0.0697. The summed E-state index contributed by atoms with van der Waals surface area (Å²) in [6, 6.07) is 2.31. The summed E-state index contributed by atoms with van der Waals surface area (Å²) in [7, 11) is -3.54. The van der Waals surface area contributed by atoms with E-state index in [2.05, 4.69) is 5.10 Å². The molecule has 0 amide bonds. The van der Waals surface area contributed by atoms with Crippen LogP contribution in [0.2, 0.25) is 0 Å². The van der Waals surface area contributed by atoms with Gasteiger partial charge in [-0.3, -0.25) is 0 Å². The van der Waals surface area contributed by atoms with Crippen molar-refractivity contribution in [3.8, 4) is 11.1 Å². The Morgan fingerprint density at radius 2 is 2.09 bits per heavy atom. The first-order valence-corrected chi connectivity index (χ1v) is 8.14. The minimum Gasteiger partial charge on any atom is -0.478 e. The molecule has 0 saturated heterocycles. The molecule has 22 heavy (non-hydrogen) atoms. The second kappa shape index (κ2) is 4.91. The molecule has 8 heteroatoms. The highest BCUT2D eigenvalue weighted by atomic mass is 32.2. The Hall–Kier alpha value is -2.22. The Labute approximate surface area is 126 Å². The second-order valence-electron chi connectivity index (χ2n) is 5.30. The van der Waals surface area contributed by atoms with Crippen LogP contribution >= 0.6 is 0 Å². The van der Waals surface area contributed by atoms with Crippen LogP contribution in [0.1, 0.15) is 28.8 Å². The van der Waals surface area contributed by atoms with E-state index in [-0.39, 0.29) is 22.3 Å². The lowest BCUT2D eigenvalue weighted by Crippen LogP contribution is -2.17. The lowest BCUT2D eigenvalue weighted by atomic mass is 10.00. The molecule has 1 heterocycles. The summed E-state index contributed by atoms with van der Waals surface area (Å²) >= 11 is 0. The number of benzene rings is 1. The van der Waals surface area contributed by atoms with Crippen LogP contribution in [0.4, 0.5) is 4.39 Å². The predicted molar refractivity (Wildman–Crippen MR) is 76.7 cm³/mol. The summed E-state index contributed by atoms with van der Waals surface area (Å²) in [5.41, 5.74) is 0.467. The molecule has 0 aliphatic heterocycles. The summed E-state index contributed by atoms with van der Waals surface area (Å²) in [6.07, 6.45) is 3.65. The Morgan fingerprint density at radius 3 is 2.68 bits per heavy atom. The number of carboxylic acid groups (broad SMARTS) is 1. The molecule has 1 aliphatic rings. The molecule has 1 fully saturated rings. The SMILES string of the molecule is Cc1cc(C(=O)O)c(-c2cnn(S(=O)(=O)C3CC3)c2)cc1F. The summed E-state index contributed by atoms with van der Waals surface area (Å²) in [6.45, 7) is 1.46. The van der Waals surface area contributed by atoms with Crippen LogP contribution in [0, 0.1) is 12.7 Å². The first-order chi connectivity index (χ1) is 10.3. The van der Waals surface area contributed by atoms with Gasteiger partial charge in [0.2, 0.25) is 0 Å². The lowest BCUT2D eigenvalue weighted by Gasteiger charge is -2.06. The summed E-state index contributed by atoms with van der Waals surface area (Å²) in [5, 5.41) is 12.6. The van der Waals surface area contributed by atoms with Gasteiger partial charge in [-0.25, -0.2) is 17.6 Å². The molecule has 0 bridgehead atoms. The zero-order valence-corrected chi connectivity index (χ0v) is 12.5. The van der Waals surface area contributed by atoms with E-state index in [9.17, 15) is 22.7 Å². The largest absolute Gasteiger partial charge is 0.478 e. The van der Waals surface area contributed by atoms with E-state index in [1.54, 1.807) is 0 Å². The molecule has 6 nitrogen and oxygen atoms in total. The molecule has 0 spiro atoms. The summed E-state index contributed by atoms with van der Waals surface area (Å²) in [4.78, 5) is 11.3. The molecular weight excluding hydrogens is 311 g/mol. The van der Waals surface area contributed by atoms with Crippen LogP contribution in [0.15, 0.2) is 24.5 Å². The zero-order chi connectivity index (χ0) is 16.1.